The Morgan fingerprint density at radius 2 is 1.58 bits per heavy atom. The van der Waals surface area contributed by atoms with Crippen molar-refractivity contribution in [2.24, 2.45) is 0 Å². The molecule has 0 bridgehead atoms. The number of hydrogen-bond acceptors (Lipinski definition) is 2. The van der Waals surface area contributed by atoms with Crippen LogP contribution in [0.4, 0.5) is 0 Å². The monoisotopic (exact) mass is 228 g/mol. The smallest absolute Gasteiger partial charge is 0.282 e. The second kappa shape index (κ2) is 4.05. The molecule has 0 spiro atoms. The molecule has 0 fully saturated rings. The van der Waals surface area contributed by atoms with Gasteiger partial charge in [-0.15, -0.1) is 0 Å². The van der Waals surface area contributed by atoms with E-state index in [9.17, 15) is 8.42 Å². The van der Waals surface area contributed by atoms with Crippen molar-refractivity contribution in [2.45, 2.75) is 11.8 Å². The molecule has 1 rings (SSSR count). The van der Waals surface area contributed by atoms with Crippen molar-refractivity contribution in [3.63, 3.8) is 0 Å². The van der Waals surface area contributed by atoms with Crippen molar-refractivity contribution in [1.29, 1.82) is 0 Å². The molecule has 1 aromatic rings. The molecule has 0 aliphatic rings. The second-order valence-corrected chi connectivity index (χ2v) is 3.71. The first-order valence-corrected chi connectivity index (χ1v) is 4.48. The predicted octanol–water partition coefficient (Wildman–Crippen LogP) is 1.24. The van der Waals surface area contributed by atoms with Crippen LogP contribution in [0.15, 0.2) is 29.2 Å². The average Bonchev–Trinajstić information content (AvgIpc) is 1.86. The van der Waals surface area contributed by atoms with Gasteiger partial charge in [-0.3, -0.25) is 4.55 Å². The van der Waals surface area contributed by atoms with Crippen LogP contribution in [0.3, 0.4) is 0 Å². The number of hydrogen-bond donors (Lipinski definition) is 1. The summed E-state index contributed by atoms with van der Waals surface area (Å²) in [6.45, 7) is 1.84. The molecular weight excluding hydrogens is 220 g/mol. The van der Waals surface area contributed by atoms with E-state index in [0.717, 1.165) is 5.56 Å². The minimum atomic E-state index is -4.02. The van der Waals surface area contributed by atoms with Crippen molar-refractivity contribution in [3.8, 4) is 0 Å². The van der Waals surface area contributed by atoms with E-state index in [2.05, 4.69) is 0 Å². The molecule has 1 N–H and O–H groups in total. The molecule has 5 heteroatoms. The van der Waals surface area contributed by atoms with Crippen LogP contribution in [-0.2, 0) is 27.2 Å². The summed E-state index contributed by atoms with van der Waals surface area (Å²) >= 11 is 0. The molecule has 0 atom stereocenters. The molecule has 12 heavy (non-hydrogen) atoms. The molecule has 0 heterocycles. The standard InChI is InChI=1S/C7H8O3S.Fe/c1-6-2-4-7(5-3-6)11(8,9)10;/h2-5H,1H3,(H,8,9,10);. The zero-order valence-corrected chi connectivity index (χ0v) is 8.26. The Kier molecular flexibility index (Phi) is 3.93. The van der Waals surface area contributed by atoms with Crippen LogP contribution in [0.25, 0.3) is 0 Å². The number of aryl methyl sites for hydroxylation is 1. The third kappa shape index (κ3) is 2.95. The van der Waals surface area contributed by atoms with Gasteiger partial charge >= 0.3 is 0 Å². The minimum Gasteiger partial charge on any atom is -0.282 e. The maximum absolute atomic E-state index is 10.5. The summed E-state index contributed by atoms with van der Waals surface area (Å²) in [5.41, 5.74) is 0.956. The maximum atomic E-state index is 10.5. The van der Waals surface area contributed by atoms with Crippen molar-refractivity contribution in [1.82, 2.24) is 0 Å². The van der Waals surface area contributed by atoms with E-state index >= 15 is 0 Å². The average molecular weight is 228 g/mol. The molecule has 0 aliphatic heterocycles. The van der Waals surface area contributed by atoms with Gasteiger partial charge in [-0.2, -0.15) is 8.42 Å². The van der Waals surface area contributed by atoms with Gasteiger partial charge in [0.15, 0.2) is 0 Å². The molecule has 0 saturated carbocycles. The zero-order chi connectivity index (χ0) is 8.48. The summed E-state index contributed by atoms with van der Waals surface area (Å²) in [6, 6.07) is 5.99. The van der Waals surface area contributed by atoms with Gasteiger partial charge in [0.1, 0.15) is 0 Å². The molecule has 1 aromatic carbocycles. The maximum Gasteiger partial charge on any atom is 0.294 e. The largest absolute Gasteiger partial charge is 0.294 e. The first-order chi connectivity index (χ1) is 5.00. The van der Waals surface area contributed by atoms with Gasteiger partial charge in [0.25, 0.3) is 10.1 Å². The van der Waals surface area contributed by atoms with Gasteiger partial charge in [-0.05, 0) is 19.1 Å². The Morgan fingerprint density at radius 3 is 1.92 bits per heavy atom. The van der Waals surface area contributed by atoms with E-state index in [1.54, 1.807) is 12.1 Å². The van der Waals surface area contributed by atoms with E-state index in [4.69, 9.17) is 4.55 Å². The first kappa shape index (κ1) is 11.6. The molecule has 0 amide bonds. The Hall–Kier alpha value is -0.351. The van der Waals surface area contributed by atoms with E-state index in [1.165, 1.54) is 12.1 Å². The van der Waals surface area contributed by atoms with E-state index < -0.39 is 10.1 Å². The van der Waals surface area contributed by atoms with Crippen LogP contribution >= 0.6 is 0 Å². The first-order valence-electron chi connectivity index (χ1n) is 3.04. The van der Waals surface area contributed by atoms with Crippen LogP contribution in [0.1, 0.15) is 5.56 Å². The fourth-order valence-electron chi connectivity index (χ4n) is 0.710. The van der Waals surface area contributed by atoms with Crippen LogP contribution in [0.5, 0.6) is 0 Å². The Balaban J connectivity index is 0.00000121. The molecule has 3 nitrogen and oxygen atoms in total. The molecule has 0 unspecified atom stereocenters. The Bertz CT molecular complexity index is 341. The third-order valence-corrected chi connectivity index (χ3v) is 2.19. The summed E-state index contributed by atoms with van der Waals surface area (Å²) < 4.78 is 29.6. The Morgan fingerprint density at radius 1 is 1.17 bits per heavy atom. The van der Waals surface area contributed by atoms with Crippen LogP contribution in [-0.4, -0.2) is 13.0 Å². The van der Waals surface area contributed by atoms with Gasteiger partial charge in [0, 0.05) is 17.1 Å². The summed E-state index contributed by atoms with van der Waals surface area (Å²) in [4.78, 5) is -0.0666. The molecule has 0 radical (unpaired) electrons. The predicted molar refractivity (Wildman–Crippen MR) is 41.0 cm³/mol. The number of benzene rings is 1. The third-order valence-electron chi connectivity index (χ3n) is 1.32. The normalized spacial score (nSPS) is 10.5. The fourth-order valence-corrected chi connectivity index (χ4v) is 1.19. The summed E-state index contributed by atoms with van der Waals surface area (Å²) in [5.74, 6) is 0. The van der Waals surface area contributed by atoms with Crippen molar-refractivity contribution >= 4 is 10.1 Å². The topological polar surface area (TPSA) is 54.4 Å². The minimum absolute atomic E-state index is 0. The van der Waals surface area contributed by atoms with E-state index in [1.807, 2.05) is 6.92 Å². The summed E-state index contributed by atoms with van der Waals surface area (Å²) in [5, 5.41) is 0. The van der Waals surface area contributed by atoms with Crippen LogP contribution in [0.2, 0.25) is 0 Å². The summed E-state index contributed by atoms with van der Waals surface area (Å²) in [7, 11) is -4.02. The van der Waals surface area contributed by atoms with E-state index in [0.29, 0.717) is 0 Å². The number of rotatable bonds is 1. The van der Waals surface area contributed by atoms with Crippen molar-refractivity contribution in [2.75, 3.05) is 0 Å². The van der Waals surface area contributed by atoms with Gasteiger partial charge in [0.05, 0.1) is 4.90 Å². The quantitative estimate of drug-likeness (QED) is 0.581. The summed E-state index contributed by atoms with van der Waals surface area (Å²) in [6.07, 6.45) is 0. The Labute approximate surface area is 82.0 Å². The van der Waals surface area contributed by atoms with Gasteiger partial charge in [-0.25, -0.2) is 0 Å². The van der Waals surface area contributed by atoms with Crippen molar-refractivity contribution < 1.29 is 30.0 Å². The molecule has 68 valence electrons. The molecule has 0 aromatic heterocycles. The van der Waals surface area contributed by atoms with Crippen LogP contribution in [0, 0.1) is 6.92 Å². The second-order valence-electron chi connectivity index (χ2n) is 2.29. The van der Waals surface area contributed by atoms with Gasteiger partial charge < -0.3 is 0 Å². The van der Waals surface area contributed by atoms with Gasteiger partial charge in [0.2, 0.25) is 0 Å². The van der Waals surface area contributed by atoms with Crippen LogP contribution < -0.4 is 0 Å². The van der Waals surface area contributed by atoms with Crippen molar-refractivity contribution in [3.05, 3.63) is 29.8 Å². The SMILES string of the molecule is Cc1ccc(S(=O)(=O)O)cc1.[Fe]. The fraction of sp³-hybridized carbons (Fsp3) is 0.143. The molecule has 0 saturated heterocycles. The van der Waals surface area contributed by atoms with Gasteiger partial charge in [-0.1, -0.05) is 17.7 Å². The molecular formula is C7H8FeO3S. The molecule has 0 aliphatic carbocycles. The zero-order valence-electron chi connectivity index (χ0n) is 6.33. The van der Waals surface area contributed by atoms with E-state index in [-0.39, 0.29) is 22.0 Å².